The highest BCUT2D eigenvalue weighted by Crippen LogP contribution is 2.39. The standard InChI is InChI=1S/C25H38ClN7O4S/c1-27-20-13-21(23(36-4)14-22(20)32-11-8-17(9-12-32)31(2)3)29-25-28-15-19(26)24(30-25)37-18-7-6-10-33(16-18)38(5,34)35/h13-15,17-18,27H,6-12,16H2,1-5H3,(H,28,29,30). The SMILES string of the molecule is CNc1cc(Nc2ncc(Cl)c(OC3CCCN(S(C)(=O)=O)C3)n2)c(OC)cc1N1CCC(N(C)C)CC1. The van der Waals surface area contributed by atoms with Gasteiger partial charge in [-0.2, -0.15) is 9.29 Å². The highest BCUT2D eigenvalue weighted by atomic mass is 35.5. The lowest BCUT2D eigenvalue weighted by Crippen LogP contribution is -2.43. The van der Waals surface area contributed by atoms with Crippen molar-refractivity contribution in [2.24, 2.45) is 0 Å². The maximum atomic E-state index is 12.0. The molecule has 0 radical (unpaired) electrons. The summed E-state index contributed by atoms with van der Waals surface area (Å²) in [5.74, 6) is 1.16. The van der Waals surface area contributed by atoms with E-state index in [9.17, 15) is 8.42 Å². The second-order valence-corrected chi connectivity index (χ2v) is 12.4. The number of benzene rings is 1. The number of nitrogens with zero attached hydrogens (tertiary/aromatic N) is 5. The predicted molar refractivity (Wildman–Crippen MR) is 152 cm³/mol. The van der Waals surface area contributed by atoms with Gasteiger partial charge in [-0.05, 0) is 45.8 Å². The van der Waals surface area contributed by atoms with Crippen LogP contribution < -0.4 is 25.0 Å². The number of methoxy groups -OCH3 is 1. The number of rotatable bonds is 9. The Morgan fingerprint density at radius 2 is 1.87 bits per heavy atom. The zero-order valence-corrected chi connectivity index (χ0v) is 24.3. The molecule has 1 atom stereocenters. The molecule has 38 heavy (non-hydrogen) atoms. The Morgan fingerprint density at radius 3 is 2.50 bits per heavy atom. The summed E-state index contributed by atoms with van der Waals surface area (Å²) in [6, 6.07) is 4.60. The molecule has 2 fully saturated rings. The highest BCUT2D eigenvalue weighted by molar-refractivity contribution is 7.88. The molecule has 13 heteroatoms. The van der Waals surface area contributed by atoms with Gasteiger partial charge in [-0.25, -0.2) is 13.4 Å². The third-order valence-electron chi connectivity index (χ3n) is 7.17. The molecule has 2 aromatic rings. The van der Waals surface area contributed by atoms with E-state index in [1.807, 2.05) is 19.2 Å². The fourth-order valence-electron chi connectivity index (χ4n) is 5.00. The Labute approximate surface area is 230 Å². The number of sulfonamides is 1. The van der Waals surface area contributed by atoms with E-state index in [-0.39, 0.29) is 23.6 Å². The number of ether oxygens (including phenoxy) is 2. The van der Waals surface area contributed by atoms with Gasteiger partial charge in [0.25, 0.3) is 0 Å². The van der Waals surface area contributed by atoms with Crippen LogP contribution in [0.25, 0.3) is 0 Å². The van der Waals surface area contributed by atoms with Crippen molar-refractivity contribution in [2.75, 3.05) is 76.2 Å². The molecule has 0 bridgehead atoms. The van der Waals surface area contributed by atoms with Gasteiger partial charge in [-0.1, -0.05) is 11.6 Å². The third kappa shape index (κ3) is 6.71. The van der Waals surface area contributed by atoms with E-state index in [0.29, 0.717) is 42.8 Å². The Bertz CT molecular complexity index is 1220. The van der Waals surface area contributed by atoms with Gasteiger partial charge in [-0.3, -0.25) is 0 Å². The Hall–Kier alpha value is -2.54. The zero-order chi connectivity index (χ0) is 27.4. The summed E-state index contributed by atoms with van der Waals surface area (Å²) in [5, 5.41) is 6.79. The van der Waals surface area contributed by atoms with E-state index < -0.39 is 10.0 Å². The van der Waals surface area contributed by atoms with Crippen LogP contribution in [0.5, 0.6) is 11.6 Å². The van der Waals surface area contributed by atoms with E-state index >= 15 is 0 Å². The molecule has 0 spiro atoms. The number of anilines is 4. The average Bonchev–Trinajstić information content (AvgIpc) is 2.90. The van der Waals surface area contributed by atoms with Crippen molar-refractivity contribution in [3.63, 3.8) is 0 Å². The molecular formula is C25H38ClN7O4S. The molecular weight excluding hydrogens is 530 g/mol. The monoisotopic (exact) mass is 567 g/mol. The van der Waals surface area contributed by atoms with E-state index in [1.54, 1.807) is 7.11 Å². The van der Waals surface area contributed by atoms with Gasteiger partial charge in [0.05, 0.1) is 43.2 Å². The van der Waals surface area contributed by atoms with Crippen molar-refractivity contribution in [2.45, 2.75) is 37.8 Å². The van der Waals surface area contributed by atoms with Crippen LogP contribution in [-0.4, -0.2) is 100 Å². The maximum absolute atomic E-state index is 12.0. The van der Waals surface area contributed by atoms with Gasteiger partial charge >= 0.3 is 0 Å². The smallest absolute Gasteiger partial charge is 0.237 e. The van der Waals surface area contributed by atoms with Crippen molar-refractivity contribution in [1.82, 2.24) is 19.2 Å². The van der Waals surface area contributed by atoms with Gasteiger partial charge in [0.2, 0.25) is 21.9 Å². The lowest BCUT2D eigenvalue weighted by Gasteiger charge is -2.37. The van der Waals surface area contributed by atoms with Gasteiger partial charge in [0.15, 0.2) is 0 Å². The van der Waals surface area contributed by atoms with E-state index in [0.717, 1.165) is 37.3 Å². The van der Waals surface area contributed by atoms with Crippen LogP contribution in [0.2, 0.25) is 5.02 Å². The van der Waals surface area contributed by atoms with Crippen molar-refractivity contribution in [3.8, 4) is 11.6 Å². The molecule has 0 aliphatic carbocycles. The van der Waals surface area contributed by atoms with Crippen LogP contribution >= 0.6 is 11.6 Å². The number of aromatic nitrogens is 2. The normalized spacial score (nSPS) is 19.4. The zero-order valence-electron chi connectivity index (χ0n) is 22.7. The van der Waals surface area contributed by atoms with Crippen LogP contribution in [0, 0.1) is 0 Å². The summed E-state index contributed by atoms with van der Waals surface area (Å²) in [6.07, 6.45) is 5.94. The van der Waals surface area contributed by atoms with E-state index in [2.05, 4.69) is 44.5 Å². The van der Waals surface area contributed by atoms with Crippen LogP contribution in [0.4, 0.5) is 23.0 Å². The summed E-state index contributed by atoms with van der Waals surface area (Å²) in [6.45, 7) is 2.67. The number of halogens is 1. The van der Waals surface area contributed by atoms with E-state index in [1.165, 1.54) is 16.8 Å². The fourth-order valence-corrected chi connectivity index (χ4v) is 6.03. The summed E-state index contributed by atoms with van der Waals surface area (Å²) in [7, 11) is 4.51. The molecule has 2 aliphatic heterocycles. The van der Waals surface area contributed by atoms with Crippen LogP contribution in [0.3, 0.4) is 0 Å². The van der Waals surface area contributed by atoms with Crippen LogP contribution in [0.15, 0.2) is 18.3 Å². The number of hydrogen-bond acceptors (Lipinski definition) is 10. The first-order chi connectivity index (χ1) is 18.1. The number of hydrogen-bond donors (Lipinski definition) is 2. The van der Waals surface area contributed by atoms with Gasteiger partial charge < -0.3 is 29.9 Å². The second kappa shape index (κ2) is 12.1. The molecule has 11 nitrogen and oxygen atoms in total. The minimum Gasteiger partial charge on any atom is -0.494 e. The Balaban J connectivity index is 1.52. The van der Waals surface area contributed by atoms with Crippen molar-refractivity contribution in [1.29, 1.82) is 0 Å². The minimum absolute atomic E-state index is 0.206. The number of nitrogens with one attached hydrogen (secondary N) is 2. The first-order valence-electron chi connectivity index (χ1n) is 12.8. The van der Waals surface area contributed by atoms with Gasteiger partial charge in [0, 0.05) is 38.8 Å². The summed E-state index contributed by atoms with van der Waals surface area (Å²) in [5.41, 5.74) is 2.74. The molecule has 0 saturated carbocycles. The van der Waals surface area contributed by atoms with Gasteiger partial charge in [0.1, 0.15) is 16.9 Å². The highest BCUT2D eigenvalue weighted by Gasteiger charge is 2.28. The quantitative estimate of drug-likeness (QED) is 0.468. The molecule has 1 unspecified atom stereocenters. The summed E-state index contributed by atoms with van der Waals surface area (Å²) in [4.78, 5) is 13.5. The Morgan fingerprint density at radius 1 is 1.13 bits per heavy atom. The summed E-state index contributed by atoms with van der Waals surface area (Å²) < 4.78 is 37.1. The molecule has 2 N–H and O–H groups in total. The topological polar surface area (TPSA) is 112 Å². The van der Waals surface area contributed by atoms with E-state index in [4.69, 9.17) is 21.1 Å². The second-order valence-electron chi connectivity index (χ2n) is 9.98. The number of piperidine rings is 2. The van der Waals surface area contributed by atoms with Crippen LogP contribution in [-0.2, 0) is 10.0 Å². The lowest BCUT2D eigenvalue weighted by atomic mass is 10.0. The molecule has 3 heterocycles. The Kier molecular flexibility index (Phi) is 9.07. The average molecular weight is 568 g/mol. The molecule has 2 saturated heterocycles. The molecule has 4 rings (SSSR count). The molecule has 0 amide bonds. The minimum atomic E-state index is -3.29. The molecule has 2 aliphatic rings. The molecule has 210 valence electrons. The van der Waals surface area contributed by atoms with Crippen molar-refractivity contribution >= 4 is 44.6 Å². The first kappa shape index (κ1) is 28.5. The largest absolute Gasteiger partial charge is 0.494 e. The predicted octanol–water partition coefficient (Wildman–Crippen LogP) is 3.26. The van der Waals surface area contributed by atoms with Crippen molar-refractivity contribution < 1.29 is 17.9 Å². The first-order valence-corrected chi connectivity index (χ1v) is 15.0. The lowest BCUT2D eigenvalue weighted by molar-refractivity contribution is 0.125. The van der Waals surface area contributed by atoms with Crippen LogP contribution in [0.1, 0.15) is 25.7 Å². The maximum Gasteiger partial charge on any atom is 0.237 e. The fraction of sp³-hybridized carbons (Fsp3) is 0.600. The molecule has 1 aromatic carbocycles. The van der Waals surface area contributed by atoms with Gasteiger partial charge in [-0.15, -0.1) is 0 Å². The summed E-state index contributed by atoms with van der Waals surface area (Å²) >= 11 is 6.33. The van der Waals surface area contributed by atoms with Crippen molar-refractivity contribution in [3.05, 3.63) is 23.4 Å². The third-order valence-corrected chi connectivity index (χ3v) is 8.70. The molecule has 1 aromatic heterocycles.